The fraction of sp³-hybridized carbons (Fsp3) is 0.417. The van der Waals surface area contributed by atoms with Crippen molar-refractivity contribution in [2.24, 2.45) is 0 Å². The van der Waals surface area contributed by atoms with Crippen LogP contribution in [0.1, 0.15) is 27.2 Å². The number of likely N-dealkylation sites (N-methyl/N-ethyl adjacent to an activating group) is 1. The number of ether oxygens (including phenoxy) is 1. The van der Waals surface area contributed by atoms with Crippen molar-refractivity contribution in [1.82, 2.24) is 9.88 Å². The average Bonchev–Trinajstić information content (AvgIpc) is 3.21. The molecular formula is C24H31Cl2N3O2S2. The lowest BCUT2D eigenvalue weighted by atomic mass is 10.3. The predicted molar refractivity (Wildman–Crippen MR) is 145 cm³/mol. The van der Waals surface area contributed by atoms with Crippen molar-refractivity contribution in [1.29, 1.82) is 0 Å². The second kappa shape index (κ2) is 14.0. The van der Waals surface area contributed by atoms with E-state index < -0.39 is 0 Å². The predicted octanol–water partition coefficient (Wildman–Crippen LogP) is 6.63. The number of thioether (sulfide) groups is 1. The summed E-state index contributed by atoms with van der Waals surface area (Å²) in [5, 5.41) is 1.47. The van der Waals surface area contributed by atoms with Crippen molar-refractivity contribution in [3.63, 3.8) is 0 Å². The van der Waals surface area contributed by atoms with Gasteiger partial charge in [0.25, 0.3) is 0 Å². The highest BCUT2D eigenvalue weighted by Crippen LogP contribution is 2.32. The second-order valence-corrected chi connectivity index (χ2v) is 9.80. The molecule has 9 heteroatoms. The van der Waals surface area contributed by atoms with Gasteiger partial charge in [-0.2, -0.15) is 0 Å². The number of nitrogens with zero attached hydrogens (tertiary/aromatic N) is 3. The van der Waals surface area contributed by atoms with Crippen LogP contribution >= 0.6 is 47.1 Å². The Morgan fingerprint density at radius 3 is 2.48 bits per heavy atom. The van der Waals surface area contributed by atoms with Crippen molar-refractivity contribution in [3.8, 4) is 5.75 Å². The molecule has 0 saturated heterocycles. The van der Waals surface area contributed by atoms with Crippen LogP contribution in [0.2, 0.25) is 5.02 Å². The number of hydrogen-bond acceptors (Lipinski definition) is 6. The summed E-state index contributed by atoms with van der Waals surface area (Å²) in [5.41, 5.74) is 0.893. The van der Waals surface area contributed by atoms with E-state index in [1.54, 1.807) is 23.1 Å². The van der Waals surface area contributed by atoms with E-state index in [9.17, 15) is 4.79 Å². The van der Waals surface area contributed by atoms with Gasteiger partial charge in [-0.25, -0.2) is 4.98 Å². The molecule has 0 radical (unpaired) electrons. The quantitative estimate of drug-likeness (QED) is 0.247. The van der Waals surface area contributed by atoms with Crippen molar-refractivity contribution in [2.75, 3.05) is 43.4 Å². The Labute approximate surface area is 215 Å². The number of rotatable bonds is 12. The monoisotopic (exact) mass is 527 g/mol. The van der Waals surface area contributed by atoms with Gasteiger partial charge in [0.05, 0.1) is 16.8 Å². The third-order valence-electron chi connectivity index (χ3n) is 5.12. The zero-order valence-electron chi connectivity index (χ0n) is 19.3. The van der Waals surface area contributed by atoms with Crippen LogP contribution in [0.15, 0.2) is 47.4 Å². The Morgan fingerprint density at radius 1 is 1.09 bits per heavy atom. The zero-order chi connectivity index (χ0) is 22.9. The molecule has 0 aliphatic carbocycles. The first kappa shape index (κ1) is 27.7. The van der Waals surface area contributed by atoms with Crippen molar-refractivity contribution >= 4 is 68.4 Å². The van der Waals surface area contributed by atoms with E-state index in [-0.39, 0.29) is 18.3 Å². The van der Waals surface area contributed by atoms with Gasteiger partial charge in [0.2, 0.25) is 5.91 Å². The van der Waals surface area contributed by atoms with Gasteiger partial charge < -0.3 is 9.64 Å². The van der Waals surface area contributed by atoms with E-state index in [1.807, 2.05) is 54.3 Å². The number of thiazole rings is 1. The Kier molecular flexibility index (Phi) is 11.8. The maximum Gasteiger partial charge on any atom is 0.229 e. The number of amides is 1. The normalized spacial score (nSPS) is 10.9. The molecule has 5 nitrogen and oxygen atoms in total. The van der Waals surface area contributed by atoms with Gasteiger partial charge in [0, 0.05) is 35.2 Å². The molecule has 1 amide bonds. The minimum absolute atomic E-state index is 0. The van der Waals surface area contributed by atoms with Crippen LogP contribution < -0.4 is 9.64 Å². The summed E-state index contributed by atoms with van der Waals surface area (Å²) in [6.45, 7) is 10.3. The molecule has 0 spiro atoms. The maximum atomic E-state index is 13.2. The molecule has 33 heavy (non-hydrogen) atoms. The summed E-state index contributed by atoms with van der Waals surface area (Å²) in [5.74, 6) is 1.64. The first-order valence-electron chi connectivity index (χ1n) is 11.0. The van der Waals surface area contributed by atoms with Crippen LogP contribution in [-0.2, 0) is 4.79 Å². The van der Waals surface area contributed by atoms with Gasteiger partial charge >= 0.3 is 0 Å². The standard InChI is InChI=1S/C24H30ClN3O2S2.ClH/c1-4-27(5-2)14-15-28(23(29)13-16-31-20-10-7-18(25)8-11-20)24-26-21-12-9-19(30-6-3)17-22(21)32-24;/h7-12,17H,4-6,13-16H2,1-3H3;1H. The molecular weight excluding hydrogens is 497 g/mol. The fourth-order valence-corrected chi connectivity index (χ4v) is 5.30. The SMILES string of the molecule is CCOc1ccc2nc(N(CCN(CC)CC)C(=O)CCSc3ccc(Cl)cc3)sc2c1.Cl. The molecule has 3 rings (SSSR count). The van der Waals surface area contributed by atoms with Crippen LogP contribution in [-0.4, -0.2) is 54.3 Å². The first-order valence-corrected chi connectivity index (χ1v) is 13.2. The minimum Gasteiger partial charge on any atom is -0.494 e. The number of carbonyl (C=O) groups is 1. The van der Waals surface area contributed by atoms with Gasteiger partial charge in [-0.05, 0) is 62.5 Å². The summed E-state index contributed by atoms with van der Waals surface area (Å²) in [4.78, 5) is 23.3. The molecule has 0 saturated carbocycles. The average molecular weight is 529 g/mol. The van der Waals surface area contributed by atoms with Gasteiger partial charge in [-0.15, -0.1) is 24.2 Å². The van der Waals surface area contributed by atoms with E-state index in [2.05, 4.69) is 18.7 Å². The van der Waals surface area contributed by atoms with Gasteiger partial charge in [0.15, 0.2) is 5.13 Å². The van der Waals surface area contributed by atoms with Crippen LogP contribution in [0.3, 0.4) is 0 Å². The number of aromatic nitrogens is 1. The fourth-order valence-electron chi connectivity index (χ4n) is 3.29. The molecule has 3 aromatic rings. The van der Waals surface area contributed by atoms with Gasteiger partial charge in [-0.3, -0.25) is 9.69 Å². The largest absolute Gasteiger partial charge is 0.494 e. The Balaban J connectivity index is 0.00000385. The van der Waals surface area contributed by atoms with E-state index in [0.29, 0.717) is 25.3 Å². The van der Waals surface area contributed by atoms with Crippen molar-refractivity contribution < 1.29 is 9.53 Å². The molecule has 0 aliphatic heterocycles. The lowest BCUT2D eigenvalue weighted by Gasteiger charge is -2.24. The van der Waals surface area contributed by atoms with E-state index in [1.165, 1.54) is 0 Å². The van der Waals surface area contributed by atoms with E-state index >= 15 is 0 Å². The smallest absolute Gasteiger partial charge is 0.229 e. The molecule has 180 valence electrons. The van der Waals surface area contributed by atoms with Crippen LogP contribution in [0, 0.1) is 0 Å². The number of hydrogen-bond donors (Lipinski definition) is 0. The first-order chi connectivity index (χ1) is 15.5. The van der Waals surface area contributed by atoms with Crippen molar-refractivity contribution in [3.05, 3.63) is 47.5 Å². The zero-order valence-corrected chi connectivity index (χ0v) is 22.5. The molecule has 1 heterocycles. The molecule has 2 aromatic carbocycles. The summed E-state index contributed by atoms with van der Waals surface area (Å²) < 4.78 is 6.65. The molecule has 0 aliphatic rings. The van der Waals surface area contributed by atoms with Gasteiger partial charge in [-0.1, -0.05) is 36.8 Å². The topological polar surface area (TPSA) is 45.7 Å². The molecule has 0 unspecified atom stereocenters. The number of benzene rings is 2. The molecule has 0 fully saturated rings. The van der Waals surface area contributed by atoms with Crippen LogP contribution in [0.25, 0.3) is 10.2 Å². The lowest BCUT2D eigenvalue weighted by Crippen LogP contribution is -2.39. The Hall–Kier alpha value is -1.51. The maximum absolute atomic E-state index is 13.2. The van der Waals surface area contributed by atoms with Gasteiger partial charge in [0.1, 0.15) is 5.75 Å². The molecule has 1 aromatic heterocycles. The highest BCUT2D eigenvalue weighted by Gasteiger charge is 2.20. The lowest BCUT2D eigenvalue weighted by molar-refractivity contribution is -0.118. The summed E-state index contributed by atoms with van der Waals surface area (Å²) in [6, 6.07) is 13.6. The number of fused-ring (bicyclic) bond motifs is 1. The number of carbonyl (C=O) groups excluding carboxylic acids is 1. The Morgan fingerprint density at radius 2 is 1.82 bits per heavy atom. The third kappa shape index (κ3) is 8.04. The highest BCUT2D eigenvalue weighted by molar-refractivity contribution is 7.99. The second-order valence-electron chi connectivity index (χ2n) is 7.18. The highest BCUT2D eigenvalue weighted by atomic mass is 35.5. The summed E-state index contributed by atoms with van der Waals surface area (Å²) >= 11 is 9.17. The summed E-state index contributed by atoms with van der Waals surface area (Å²) in [6.07, 6.45) is 0.450. The van der Waals surface area contributed by atoms with Crippen molar-refractivity contribution in [2.45, 2.75) is 32.1 Å². The van der Waals surface area contributed by atoms with Crippen LogP contribution in [0.5, 0.6) is 5.75 Å². The summed E-state index contributed by atoms with van der Waals surface area (Å²) in [7, 11) is 0. The molecule has 0 atom stereocenters. The minimum atomic E-state index is 0. The van der Waals surface area contributed by atoms with Crippen LogP contribution in [0.4, 0.5) is 5.13 Å². The van der Waals surface area contributed by atoms with E-state index in [0.717, 1.165) is 50.7 Å². The number of anilines is 1. The number of halogens is 2. The van der Waals surface area contributed by atoms with E-state index in [4.69, 9.17) is 21.3 Å². The Bertz CT molecular complexity index is 1010. The third-order valence-corrected chi connectivity index (χ3v) is 7.43. The molecule has 0 N–H and O–H groups in total. The molecule has 0 bridgehead atoms.